The van der Waals surface area contributed by atoms with Crippen LogP contribution in [0.5, 0.6) is 0 Å². The molecule has 0 fully saturated rings. The highest BCUT2D eigenvalue weighted by Crippen LogP contribution is 2.13. The van der Waals surface area contributed by atoms with Gasteiger partial charge in [0.25, 0.3) is 0 Å². The Morgan fingerprint density at radius 2 is 1.95 bits per heavy atom. The van der Waals surface area contributed by atoms with Crippen LogP contribution in [0.15, 0.2) is 36.9 Å². The third kappa shape index (κ3) is 5.38. The van der Waals surface area contributed by atoms with Crippen molar-refractivity contribution in [3.63, 3.8) is 0 Å². The zero-order valence-corrected chi connectivity index (χ0v) is 12.7. The van der Waals surface area contributed by atoms with Gasteiger partial charge in [0.1, 0.15) is 0 Å². The number of nitrogens with zero attached hydrogens (tertiary/aromatic N) is 1. The quantitative estimate of drug-likeness (QED) is 0.696. The summed E-state index contributed by atoms with van der Waals surface area (Å²) in [6.45, 7) is 7.35. The predicted octanol–water partition coefficient (Wildman–Crippen LogP) is 1.61. The highest BCUT2D eigenvalue weighted by Gasteiger charge is 2.18. The lowest BCUT2D eigenvalue weighted by Gasteiger charge is -2.19. The molecule has 0 bridgehead atoms. The number of hydrogen-bond donors (Lipinski definition) is 3. The van der Waals surface area contributed by atoms with Crippen molar-refractivity contribution >= 4 is 11.9 Å². The fourth-order valence-electron chi connectivity index (χ4n) is 1.82. The summed E-state index contributed by atoms with van der Waals surface area (Å²) in [5.41, 5.74) is 1.54. The summed E-state index contributed by atoms with van der Waals surface area (Å²) in [4.78, 5) is 23.3. The molecule has 3 amide bonds. The minimum absolute atomic E-state index is 0.0928. The van der Waals surface area contributed by atoms with Crippen LogP contribution in [-0.4, -0.2) is 24.5 Å². The Hall–Kier alpha value is -2.65. The maximum atomic E-state index is 11.9. The molecule has 2 unspecified atom stereocenters. The average molecular weight is 300 g/mol. The van der Waals surface area contributed by atoms with Crippen LogP contribution in [0.25, 0.3) is 0 Å². The lowest BCUT2D eigenvalue weighted by Crippen LogP contribution is -2.48. The smallest absolute Gasteiger partial charge is 0.321 e. The second-order valence-electron chi connectivity index (χ2n) is 4.83. The monoisotopic (exact) mass is 300 g/mol. The maximum absolute atomic E-state index is 11.9. The third-order valence-corrected chi connectivity index (χ3v) is 3.08. The summed E-state index contributed by atoms with van der Waals surface area (Å²) < 4.78 is 0. The summed E-state index contributed by atoms with van der Waals surface area (Å²) in [5.74, 6) is -0.415. The predicted molar refractivity (Wildman–Crippen MR) is 83.9 cm³/mol. The lowest BCUT2D eigenvalue weighted by atomic mass is 10.1. The molecule has 1 aromatic rings. The van der Waals surface area contributed by atoms with Crippen molar-refractivity contribution in [3.05, 3.63) is 48.0 Å². The van der Waals surface area contributed by atoms with Gasteiger partial charge in [0, 0.05) is 12.6 Å². The molecule has 2 atom stereocenters. The summed E-state index contributed by atoms with van der Waals surface area (Å²) in [5, 5.41) is 16.6. The van der Waals surface area contributed by atoms with E-state index < -0.39 is 18.0 Å². The standard InChI is InChI=1S/C16H20N4O2/c1-4-9-18-16(22)20-15(21)12(3)19-11(2)14-7-5-13(10-17)6-8-14/h4-8,11-12,19H,1,9H2,2-3H3,(H2,18,20,21,22). The Balaban J connectivity index is 2.53. The van der Waals surface area contributed by atoms with E-state index in [0.717, 1.165) is 5.56 Å². The van der Waals surface area contributed by atoms with Gasteiger partial charge in [-0.15, -0.1) is 6.58 Å². The van der Waals surface area contributed by atoms with Crippen LogP contribution in [0.4, 0.5) is 4.79 Å². The van der Waals surface area contributed by atoms with Crippen LogP contribution < -0.4 is 16.0 Å². The van der Waals surface area contributed by atoms with Crippen molar-refractivity contribution in [2.45, 2.75) is 25.9 Å². The summed E-state index contributed by atoms with van der Waals surface area (Å²) in [7, 11) is 0. The SMILES string of the molecule is C=CCNC(=O)NC(=O)C(C)NC(C)c1ccc(C#N)cc1. The van der Waals surface area contributed by atoms with Gasteiger partial charge in [-0.1, -0.05) is 18.2 Å². The summed E-state index contributed by atoms with van der Waals surface area (Å²) in [6.07, 6.45) is 1.53. The zero-order valence-electron chi connectivity index (χ0n) is 12.7. The molecule has 0 radical (unpaired) electrons. The first-order valence-corrected chi connectivity index (χ1v) is 6.93. The van der Waals surface area contributed by atoms with E-state index in [1.807, 2.05) is 19.1 Å². The topological polar surface area (TPSA) is 94.0 Å². The molecule has 0 aromatic heterocycles. The van der Waals surface area contributed by atoms with Gasteiger partial charge in [-0.3, -0.25) is 15.4 Å². The van der Waals surface area contributed by atoms with E-state index in [1.165, 1.54) is 6.08 Å². The fourth-order valence-corrected chi connectivity index (χ4v) is 1.82. The molecule has 0 aliphatic rings. The lowest BCUT2D eigenvalue weighted by molar-refractivity contribution is -0.121. The summed E-state index contributed by atoms with van der Waals surface area (Å²) in [6, 6.07) is 7.98. The molecule has 0 saturated heterocycles. The maximum Gasteiger partial charge on any atom is 0.321 e. The Morgan fingerprint density at radius 1 is 1.32 bits per heavy atom. The molecule has 1 aromatic carbocycles. The van der Waals surface area contributed by atoms with Crippen LogP contribution in [0.2, 0.25) is 0 Å². The van der Waals surface area contributed by atoms with Crippen LogP contribution in [0, 0.1) is 11.3 Å². The number of imide groups is 1. The number of benzene rings is 1. The van der Waals surface area contributed by atoms with Crippen molar-refractivity contribution < 1.29 is 9.59 Å². The largest absolute Gasteiger partial charge is 0.334 e. The molecule has 6 nitrogen and oxygen atoms in total. The zero-order chi connectivity index (χ0) is 16.5. The van der Waals surface area contributed by atoms with Crippen molar-refractivity contribution in [1.29, 1.82) is 5.26 Å². The number of amides is 3. The second kappa shape index (κ2) is 8.60. The molecule has 116 valence electrons. The van der Waals surface area contributed by atoms with Crippen LogP contribution in [-0.2, 0) is 4.79 Å². The number of carbonyl (C=O) groups is 2. The first kappa shape index (κ1) is 17.4. The Labute approximate surface area is 130 Å². The molecule has 6 heteroatoms. The fraction of sp³-hybridized carbons (Fsp3) is 0.312. The molecule has 0 spiro atoms. The molecule has 0 aliphatic heterocycles. The Bertz CT molecular complexity index is 575. The number of hydrogen-bond acceptors (Lipinski definition) is 4. The van der Waals surface area contributed by atoms with Crippen LogP contribution in [0.1, 0.15) is 31.0 Å². The van der Waals surface area contributed by atoms with Crippen molar-refractivity contribution in [1.82, 2.24) is 16.0 Å². The van der Waals surface area contributed by atoms with Gasteiger partial charge >= 0.3 is 6.03 Å². The van der Waals surface area contributed by atoms with Crippen molar-refractivity contribution in [2.24, 2.45) is 0 Å². The minimum Gasteiger partial charge on any atom is -0.334 e. The van der Waals surface area contributed by atoms with Gasteiger partial charge in [-0.25, -0.2) is 4.79 Å². The first-order chi connectivity index (χ1) is 10.5. The second-order valence-corrected chi connectivity index (χ2v) is 4.83. The molecule has 22 heavy (non-hydrogen) atoms. The molecular formula is C16H20N4O2. The van der Waals surface area contributed by atoms with Gasteiger partial charge in [0.15, 0.2) is 0 Å². The Morgan fingerprint density at radius 3 is 2.50 bits per heavy atom. The van der Waals surface area contributed by atoms with E-state index in [4.69, 9.17) is 5.26 Å². The number of urea groups is 1. The molecule has 0 heterocycles. The van der Waals surface area contributed by atoms with Crippen LogP contribution in [0.3, 0.4) is 0 Å². The molecule has 3 N–H and O–H groups in total. The Kier molecular flexibility index (Phi) is 6.80. The third-order valence-electron chi connectivity index (χ3n) is 3.08. The van der Waals surface area contributed by atoms with Gasteiger partial charge in [0.05, 0.1) is 17.7 Å². The highest BCUT2D eigenvalue weighted by molar-refractivity contribution is 5.96. The van der Waals surface area contributed by atoms with Gasteiger partial charge < -0.3 is 5.32 Å². The highest BCUT2D eigenvalue weighted by atomic mass is 16.2. The van der Waals surface area contributed by atoms with E-state index in [1.54, 1.807) is 19.1 Å². The molecule has 1 rings (SSSR count). The first-order valence-electron chi connectivity index (χ1n) is 6.93. The van der Waals surface area contributed by atoms with Crippen LogP contribution >= 0.6 is 0 Å². The van der Waals surface area contributed by atoms with E-state index in [2.05, 4.69) is 28.6 Å². The molecular weight excluding hydrogens is 280 g/mol. The number of nitriles is 1. The number of carbonyl (C=O) groups excluding carboxylic acids is 2. The van der Waals surface area contributed by atoms with Gasteiger partial charge in [-0.05, 0) is 31.5 Å². The van der Waals surface area contributed by atoms with E-state index in [0.29, 0.717) is 12.1 Å². The molecule has 0 aliphatic carbocycles. The summed E-state index contributed by atoms with van der Waals surface area (Å²) >= 11 is 0. The van der Waals surface area contributed by atoms with Crippen molar-refractivity contribution in [3.8, 4) is 6.07 Å². The number of rotatable bonds is 6. The van der Waals surface area contributed by atoms with E-state index in [9.17, 15) is 9.59 Å². The van der Waals surface area contributed by atoms with E-state index in [-0.39, 0.29) is 6.04 Å². The number of nitrogens with one attached hydrogen (secondary N) is 3. The van der Waals surface area contributed by atoms with Gasteiger partial charge in [-0.2, -0.15) is 5.26 Å². The minimum atomic E-state index is -0.551. The normalized spacial score (nSPS) is 12.6. The average Bonchev–Trinajstić information content (AvgIpc) is 2.52. The van der Waals surface area contributed by atoms with Crippen molar-refractivity contribution in [2.75, 3.05) is 6.54 Å². The van der Waals surface area contributed by atoms with Gasteiger partial charge in [0.2, 0.25) is 5.91 Å². The molecule has 0 saturated carbocycles. The van der Waals surface area contributed by atoms with E-state index >= 15 is 0 Å².